The summed E-state index contributed by atoms with van der Waals surface area (Å²) in [6.45, 7) is 4.07. The zero-order valence-electron chi connectivity index (χ0n) is 16.5. The minimum Gasteiger partial charge on any atom is -0.465 e. The van der Waals surface area contributed by atoms with Crippen LogP contribution in [-0.4, -0.2) is 28.8 Å². The molecule has 0 bridgehead atoms. The van der Waals surface area contributed by atoms with Crippen molar-refractivity contribution in [3.8, 4) is 0 Å². The van der Waals surface area contributed by atoms with E-state index in [0.717, 1.165) is 11.3 Å². The number of nitrogens with one attached hydrogen (secondary N) is 2. The molecule has 2 aliphatic rings. The molecule has 0 amide bonds. The SMILES string of the molecule is COC(=O)c1ccc([C@H]2C3=C(CC(C)(C)CC3=O)Nc3nc(N)[nH]c(=O)c32)cc1. The van der Waals surface area contributed by atoms with Gasteiger partial charge in [0.15, 0.2) is 5.78 Å². The second-order valence-electron chi connectivity index (χ2n) is 8.22. The number of esters is 1. The lowest BCUT2D eigenvalue weighted by Crippen LogP contribution is -2.37. The van der Waals surface area contributed by atoms with Crippen LogP contribution in [0, 0.1) is 5.41 Å². The summed E-state index contributed by atoms with van der Waals surface area (Å²) >= 11 is 0. The van der Waals surface area contributed by atoms with Gasteiger partial charge in [-0.05, 0) is 29.5 Å². The predicted molar refractivity (Wildman–Crippen MR) is 108 cm³/mol. The molecule has 0 spiro atoms. The van der Waals surface area contributed by atoms with Gasteiger partial charge < -0.3 is 15.8 Å². The molecule has 1 atom stereocenters. The van der Waals surface area contributed by atoms with Crippen LogP contribution in [0.1, 0.15) is 54.1 Å². The van der Waals surface area contributed by atoms with Gasteiger partial charge in [-0.25, -0.2) is 4.79 Å². The minimum absolute atomic E-state index is 0.00600. The average Bonchev–Trinajstić information content (AvgIpc) is 2.64. The number of methoxy groups -OCH3 is 1. The van der Waals surface area contributed by atoms with Crippen LogP contribution in [0.3, 0.4) is 0 Å². The molecule has 2 aromatic rings. The number of carbonyl (C=O) groups excluding carboxylic acids is 2. The molecule has 1 aromatic heterocycles. The minimum atomic E-state index is -0.589. The van der Waals surface area contributed by atoms with E-state index in [2.05, 4.69) is 15.3 Å². The molecule has 0 unspecified atom stereocenters. The molecule has 2 heterocycles. The number of hydrogen-bond donors (Lipinski definition) is 3. The number of aromatic amines is 1. The van der Waals surface area contributed by atoms with Crippen molar-refractivity contribution in [2.24, 2.45) is 5.41 Å². The van der Waals surface area contributed by atoms with Crippen LogP contribution < -0.4 is 16.6 Å². The smallest absolute Gasteiger partial charge is 0.337 e. The highest BCUT2D eigenvalue weighted by Crippen LogP contribution is 2.47. The monoisotopic (exact) mass is 394 g/mol. The fourth-order valence-corrected chi connectivity index (χ4v) is 4.19. The van der Waals surface area contributed by atoms with Gasteiger partial charge in [0, 0.05) is 23.6 Å². The predicted octanol–water partition coefficient (Wildman–Crippen LogP) is 2.34. The van der Waals surface area contributed by atoms with Crippen LogP contribution in [0.2, 0.25) is 0 Å². The van der Waals surface area contributed by atoms with Crippen molar-refractivity contribution in [3.05, 3.63) is 62.6 Å². The lowest BCUT2D eigenvalue weighted by atomic mass is 9.69. The van der Waals surface area contributed by atoms with Crippen molar-refractivity contribution in [2.75, 3.05) is 18.2 Å². The summed E-state index contributed by atoms with van der Waals surface area (Å²) in [7, 11) is 1.31. The van der Waals surface area contributed by atoms with Crippen molar-refractivity contribution in [1.82, 2.24) is 9.97 Å². The highest BCUT2D eigenvalue weighted by Gasteiger charge is 2.42. The van der Waals surface area contributed by atoms with Gasteiger partial charge in [-0.15, -0.1) is 0 Å². The molecular weight excluding hydrogens is 372 g/mol. The first-order valence-corrected chi connectivity index (χ1v) is 9.31. The molecule has 4 rings (SSSR count). The largest absolute Gasteiger partial charge is 0.465 e. The summed E-state index contributed by atoms with van der Waals surface area (Å²) in [4.78, 5) is 44.4. The maximum absolute atomic E-state index is 13.1. The van der Waals surface area contributed by atoms with E-state index in [4.69, 9.17) is 10.5 Å². The fraction of sp³-hybridized carbons (Fsp3) is 0.333. The van der Waals surface area contributed by atoms with Crippen molar-refractivity contribution in [3.63, 3.8) is 0 Å². The third-order valence-electron chi connectivity index (χ3n) is 5.41. The molecular formula is C21H22N4O4. The van der Waals surface area contributed by atoms with Gasteiger partial charge in [0.05, 0.1) is 18.2 Å². The van der Waals surface area contributed by atoms with Crippen molar-refractivity contribution >= 4 is 23.5 Å². The highest BCUT2D eigenvalue weighted by atomic mass is 16.5. The molecule has 150 valence electrons. The molecule has 4 N–H and O–H groups in total. The molecule has 8 nitrogen and oxygen atoms in total. The third-order valence-corrected chi connectivity index (χ3v) is 5.41. The first kappa shape index (κ1) is 18.9. The van der Waals surface area contributed by atoms with E-state index in [0.29, 0.717) is 35.4 Å². The van der Waals surface area contributed by atoms with E-state index < -0.39 is 17.4 Å². The number of nitrogens with zero attached hydrogens (tertiary/aromatic N) is 1. The normalized spacial score (nSPS) is 19.8. The maximum Gasteiger partial charge on any atom is 0.337 e. The van der Waals surface area contributed by atoms with Gasteiger partial charge >= 0.3 is 5.97 Å². The number of Topliss-reactive ketones (excluding diaryl/α,β-unsaturated/α-hetero) is 1. The number of nitrogens with two attached hydrogens (primary N) is 1. The number of carbonyl (C=O) groups is 2. The number of rotatable bonds is 2. The Balaban J connectivity index is 1.92. The first-order chi connectivity index (χ1) is 13.7. The first-order valence-electron chi connectivity index (χ1n) is 9.31. The number of nitrogen functional groups attached to an aromatic ring is 1. The molecule has 29 heavy (non-hydrogen) atoms. The lowest BCUT2D eigenvalue weighted by molar-refractivity contribution is -0.118. The second kappa shape index (κ2) is 6.58. The standard InChI is InChI=1S/C21H22N4O4/c1-21(2)8-12-15(13(26)9-21)14(10-4-6-11(7-5-10)19(28)29-3)16-17(23-12)24-20(22)25-18(16)27/h4-7,14H,8-9H2,1-3H3,(H4,22,23,24,25,27)/t14-/m0/s1. The van der Waals surface area contributed by atoms with Crippen LogP contribution in [-0.2, 0) is 9.53 Å². The molecule has 1 aromatic carbocycles. The number of anilines is 2. The molecule has 8 heteroatoms. The number of aromatic nitrogens is 2. The Hall–Kier alpha value is -3.42. The second-order valence-corrected chi connectivity index (χ2v) is 8.22. The summed E-state index contributed by atoms with van der Waals surface area (Å²) in [5.41, 5.74) is 7.93. The van der Waals surface area contributed by atoms with Gasteiger partial charge in [0.25, 0.3) is 5.56 Å². The Bertz CT molecular complexity index is 1110. The van der Waals surface area contributed by atoms with Gasteiger partial charge in [0.2, 0.25) is 5.95 Å². The number of H-pyrrole nitrogens is 1. The van der Waals surface area contributed by atoms with Gasteiger partial charge in [-0.1, -0.05) is 26.0 Å². The van der Waals surface area contributed by atoms with Crippen molar-refractivity contribution < 1.29 is 14.3 Å². The molecule has 1 aliphatic carbocycles. The maximum atomic E-state index is 13.1. The number of ether oxygens (including phenoxy) is 1. The number of ketones is 1. The van der Waals surface area contributed by atoms with Gasteiger partial charge in [-0.3, -0.25) is 14.6 Å². The zero-order chi connectivity index (χ0) is 20.9. The zero-order valence-corrected chi connectivity index (χ0v) is 16.5. The van der Waals surface area contributed by atoms with E-state index in [1.807, 2.05) is 13.8 Å². The summed E-state index contributed by atoms with van der Waals surface area (Å²) in [6.07, 6.45) is 1.04. The topological polar surface area (TPSA) is 127 Å². The quantitative estimate of drug-likeness (QED) is 0.667. The molecule has 0 saturated heterocycles. The third kappa shape index (κ3) is 3.20. The summed E-state index contributed by atoms with van der Waals surface area (Å²) in [6, 6.07) is 6.72. The van der Waals surface area contributed by atoms with Crippen LogP contribution in [0.15, 0.2) is 40.3 Å². The van der Waals surface area contributed by atoms with E-state index in [1.165, 1.54) is 7.11 Å². The van der Waals surface area contributed by atoms with E-state index >= 15 is 0 Å². The Morgan fingerprint density at radius 1 is 1.21 bits per heavy atom. The van der Waals surface area contributed by atoms with Crippen LogP contribution in [0.4, 0.5) is 11.8 Å². The number of allylic oxidation sites excluding steroid dienone is 2. The van der Waals surface area contributed by atoms with Crippen molar-refractivity contribution in [1.29, 1.82) is 0 Å². The summed E-state index contributed by atoms with van der Waals surface area (Å²) in [5.74, 6) is -0.685. The number of hydrogen-bond acceptors (Lipinski definition) is 7. The number of fused-ring (bicyclic) bond motifs is 1. The lowest BCUT2D eigenvalue weighted by Gasteiger charge is -2.38. The molecule has 0 saturated carbocycles. The van der Waals surface area contributed by atoms with Crippen LogP contribution in [0.5, 0.6) is 0 Å². The van der Waals surface area contributed by atoms with Crippen molar-refractivity contribution in [2.45, 2.75) is 32.6 Å². The summed E-state index contributed by atoms with van der Waals surface area (Å²) in [5, 5.41) is 3.18. The van der Waals surface area contributed by atoms with E-state index in [-0.39, 0.29) is 17.1 Å². The van der Waals surface area contributed by atoms with Crippen LogP contribution >= 0.6 is 0 Å². The van der Waals surface area contributed by atoms with E-state index in [1.54, 1.807) is 24.3 Å². The Labute approximate surface area is 167 Å². The van der Waals surface area contributed by atoms with E-state index in [9.17, 15) is 14.4 Å². The molecule has 0 radical (unpaired) electrons. The average molecular weight is 394 g/mol. The van der Waals surface area contributed by atoms with Gasteiger partial charge in [0.1, 0.15) is 5.82 Å². The van der Waals surface area contributed by atoms with Gasteiger partial charge in [-0.2, -0.15) is 4.98 Å². The fourth-order valence-electron chi connectivity index (χ4n) is 4.19. The molecule has 1 aliphatic heterocycles. The highest BCUT2D eigenvalue weighted by molar-refractivity contribution is 6.01. The molecule has 0 fully saturated rings. The Kier molecular flexibility index (Phi) is 4.29. The van der Waals surface area contributed by atoms with Crippen LogP contribution in [0.25, 0.3) is 0 Å². The Morgan fingerprint density at radius 2 is 1.90 bits per heavy atom. The Morgan fingerprint density at radius 3 is 2.55 bits per heavy atom. The number of benzene rings is 1. The summed E-state index contributed by atoms with van der Waals surface area (Å²) < 4.78 is 4.74.